The van der Waals surface area contributed by atoms with E-state index in [9.17, 15) is 4.39 Å². The van der Waals surface area contributed by atoms with Gasteiger partial charge in [0.05, 0.1) is 0 Å². The second kappa shape index (κ2) is 3.75. The Labute approximate surface area is 76.6 Å². The molecule has 0 bridgehead atoms. The minimum Gasteiger partial charge on any atom is -0.505 e. The largest absolute Gasteiger partial charge is 0.505 e. The molecule has 0 saturated heterocycles. The topological polar surface area (TPSA) is 40.5 Å². The van der Waals surface area contributed by atoms with Crippen molar-refractivity contribution in [1.82, 2.24) is 0 Å². The van der Waals surface area contributed by atoms with E-state index in [0.717, 1.165) is 5.56 Å². The lowest BCUT2D eigenvalue weighted by molar-refractivity contribution is 0.272. The van der Waals surface area contributed by atoms with E-state index in [1.165, 1.54) is 6.07 Å². The monoisotopic (exact) mass is 184 g/mol. The zero-order chi connectivity index (χ0) is 10.0. The highest BCUT2D eigenvalue weighted by Crippen LogP contribution is 2.25. The standard InChI is InChI=1S/C10H13FO2/c1-6-3-8(7(2)5-12)4-9(13)10(6)11/h3-4,7,12-13H,5H2,1-2H3. The van der Waals surface area contributed by atoms with Crippen LogP contribution in [0.4, 0.5) is 4.39 Å². The van der Waals surface area contributed by atoms with E-state index in [-0.39, 0.29) is 18.3 Å². The maximum absolute atomic E-state index is 13.0. The minimum absolute atomic E-state index is 0.00941. The fourth-order valence-corrected chi connectivity index (χ4v) is 1.17. The van der Waals surface area contributed by atoms with E-state index in [4.69, 9.17) is 10.2 Å². The van der Waals surface area contributed by atoms with Crippen LogP contribution in [0.1, 0.15) is 24.0 Å². The summed E-state index contributed by atoms with van der Waals surface area (Å²) in [5, 5.41) is 18.0. The molecule has 0 amide bonds. The van der Waals surface area contributed by atoms with Gasteiger partial charge >= 0.3 is 0 Å². The molecule has 13 heavy (non-hydrogen) atoms. The van der Waals surface area contributed by atoms with Crippen LogP contribution in [0.3, 0.4) is 0 Å². The third-order valence-electron chi connectivity index (χ3n) is 2.10. The number of aromatic hydroxyl groups is 1. The van der Waals surface area contributed by atoms with Crippen LogP contribution < -0.4 is 0 Å². The Balaban J connectivity index is 3.13. The van der Waals surface area contributed by atoms with Crippen LogP contribution in [0, 0.1) is 12.7 Å². The lowest BCUT2D eigenvalue weighted by Crippen LogP contribution is -2.00. The minimum atomic E-state index is -0.589. The number of phenols is 1. The molecule has 1 aromatic rings. The molecule has 1 rings (SSSR count). The van der Waals surface area contributed by atoms with Crippen LogP contribution in [-0.4, -0.2) is 16.8 Å². The fourth-order valence-electron chi connectivity index (χ4n) is 1.17. The van der Waals surface area contributed by atoms with Gasteiger partial charge in [0.1, 0.15) is 0 Å². The summed E-state index contributed by atoms with van der Waals surface area (Å²) in [7, 11) is 0. The number of aliphatic hydroxyl groups is 1. The van der Waals surface area contributed by atoms with Gasteiger partial charge in [0.2, 0.25) is 0 Å². The molecule has 0 fully saturated rings. The van der Waals surface area contributed by atoms with Crippen molar-refractivity contribution in [3.63, 3.8) is 0 Å². The third kappa shape index (κ3) is 1.98. The zero-order valence-corrected chi connectivity index (χ0v) is 7.71. The molecule has 2 nitrogen and oxygen atoms in total. The van der Waals surface area contributed by atoms with Gasteiger partial charge < -0.3 is 10.2 Å². The summed E-state index contributed by atoms with van der Waals surface area (Å²) in [5.41, 5.74) is 1.15. The van der Waals surface area contributed by atoms with Gasteiger partial charge in [-0.05, 0) is 24.1 Å². The highest BCUT2D eigenvalue weighted by atomic mass is 19.1. The average Bonchev–Trinajstić information content (AvgIpc) is 2.12. The summed E-state index contributed by atoms with van der Waals surface area (Å²) in [4.78, 5) is 0. The van der Waals surface area contributed by atoms with Crippen molar-refractivity contribution in [1.29, 1.82) is 0 Å². The first-order valence-corrected chi connectivity index (χ1v) is 4.16. The summed E-state index contributed by atoms with van der Waals surface area (Å²) in [6.07, 6.45) is 0. The quantitative estimate of drug-likeness (QED) is 0.737. The third-order valence-corrected chi connectivity index (χ3v) is 2.10. The predicted molar refractivity (Wildman–Crippen MR) is 48.3 cm³/mol. The van der Waals surface area contributed by atoms with Crippen molar-refractivity contribution >= 4 is 0 Å². The maximum Gasteiger partial charge on any atom is 0.167 e. The number of rotatable bonds is 2. The van der Waals surface area contributed by atoms with Gasteiger partial charge in [-0.25, -0.2) is 4.39 Å². The first kappa shape index (κ1) is 9.99. The predicted octanol–water partition coefficient (Wildman–Crippen LogP) is 1.94. The van der Waals surface area contributed by atoms with E-state index >= 15 is 0 Å². The Kier molecular flexibility index (Phi) is 2.88. The molecule has 0 radical (unpaired) electrons. The Hall–Kier alpha value is -1.09. The Bertz CT molecular complexity index is 287. The van der Waals surface area contributed by atoms with Crippen LogP contribution in [0.25, 0.3) is 0 Å². The number of benzene rings is 1. The van der Waals surface area contributed by atoms with Crippen molar-refractivity contribution in [2.45, 2.75) is 19.8 Å². The molecule has 1 aromatic carbocycles. The molecule has 0 saturated carbocycles. The average molecular weight is 184 g/mol. The first-order valence-electron chi connectivity index (χ1n) is 4.16. The van der Waals surface area contributed by atoms with E-state index in [0.29, 0.717) is 5.56 Å². The van der Waals surface area contributed by atoms with E-state index in [2.05, 4.69) is 0 Å². The van der Waals surface area contributed by atoms with Gasteiger partial charge in [-0.15, -0.1) is 0 Å². The Morgan fingerprint density at radius 1 is 1.46 bits per heavy atom. The van der Waals surface area contributed by atoms with E-state index in [1.54, 1.807) is 13.0 Å². The number of aliphatic hydroxyl groups excluding tert-OH is 1. The van der Waals surface area contributed by atoms with Crippen LogP contribution in [0.15, 0.2) is 12.1 Å². The Morgan fingerprint density at radius 3 is 2.54 bits per heavy atom. The summed E-state index contributed by atoms with van der Waals surface area (Å²) in [6.45, 7) is 3.39. The van der Waals surface area contributed by atoms with Crippen LogP contribution in [-0.2, 0) is 0 Å². The van der Waals surface area contributed by atoms with Crippen molar-refractivity contribution in [3.05, 3.63) is 29.1 Å². The summed E-state index contributed by atoms with van der Waals surface area (Å²) in [5.74, 6) is -1.02. The molecule has 1 unspecified atom stereocenters. The number of hydrogen-bond donors (Lipinski definition) is 2. The molecule has 0 heterocycles. The molecule has 0 aromatic heterocycles. The maximum atomic E-state index is 13.0. The molecule has 1 atom stereocenters. The molecule has 0 aliphatic rings. The van der Waals surface area contributed by atoms with Crippen molar-refractivity contribution < 1.29 is 14.6 Å². The summed E-state index contributed by atoms with van der Waals surface area (Å²) < 4.78 is 13.0. The van der Waals surface area contributed by atoms with Crippen molar-refractivity contribution in [2.75, 3.05) is 6.61 Å². The smallest absolute Gasteiger partial charge is 0.167 e. The van der Waals surface area contributed by atoms with Crippen LogP contribution in [0.5, 0.6) is 5.75 Å². The van der Waals surface area contributed by atoms with Crippen LogP contribution in [0.2, 0.25) is 0 Å². The summed E-state index contributed by atoms with van der Waals surface area (Å²) in [6, 6.07) is 2.99. The van der Waals surface area contributed by atoms with Crippen molar-refractivity contribution in [3.8, 4) is 5.75 Å². The highest BCUT2D eigenvalue weighted by Gasteiger charge is 2.10. The van der Waals surface area contributed by atoms with Crippen LogP contribution >= 0.6 is 0 Å². The number of hydrogen-bond acceptors (Lipinski definition) is 2. The van der Waals surface area contributed by atoms with Gasteiger partial charge in [-0.1, -0.05) is 13.0 Å². The molecule has 0 aliphatic heterocycles. The number of phenolic OH excluding ortho intramolecular Hbond substituents is 1. The highest BCUT2D eigenvalue weighted by molar-refractivity contribution is 5.36. The van der Waals surface area contributed by atoms with Gasteiger partial charge in [0.25, 0.3) is 0 Å². The number of aryl methyl sites for hydroxylation is 1. The lowest BCUT2D eigenvalue weighted by atomic mass is 9.99. The second-order valence-electron chi connectivity index (χ2n) is 3.25. The van der Waals surface area contributed by atoms with Gasteiger partial charge in [0, 0.05) is 12.5 Å². The first-order chi connectivity index (χ1) is 6.06. The van der Waals surface area contributed by atoms with Crippen molar-refractivity contribution in [2.24, 2.45) is 0 Å². The summed E-state index contributed by atoms with van der Waals surface area (Å²) >= 11 is 0. The number of halogens is 1. The molecular formula is C10H13FO2. The van der Waals surface area contributed by atoms with Gasteiger partial charge in [-0.2, -0.15) is 0 Å². The van der Waals surface area contributed by atoms with E-state index in [1.807, 2.05) is 6.92 Å². The molecule has 2 N–H and O–H groups in total. The van der Waals surface area contributed by atoms with Gasteiger partial charge in [0.15, 0.2) is 11.6 Å². The molecular weight excluding hydrogens is 171 g/mol. The molecule has 0 spiro atoms. The second-order valence-corrected chi connectivity index (χ2v) is 3.25. The van der Waals surface area contributed by atoms with Gasteiger partial charge in [-0.3, -0.25) is 0 Å². The molecule has 0 aliphatic carbocycles. The SMILES string of the molecule is Cc1cc(C(C)CO)cc(O)c1F. The normalized spacial score (nSPS) is 12.9. The fraction of sp³-hybridized carbons (Fsp3) is 0.400. The molecule has 3 heteroatoms. The lowest BCUT2D eigenvalue weighted by Gasteiger charge is -2.10. The molecule has 72 valence electrons. The van der Waals surface area contributed by atoms with E-state index < -0.39 is 5.82 Å². The Morgan fingerprint density at radius 2 is 2.08 bits per heavy atom. The zero-order valence-electron chi connectivity index (χ0n) is 7.71.